The van der Waals surface area contributed by atoms with E-state index >= 15 is 0 Å². The van der Waals surface area contributed by atoms with Gasteiger partial charge in [-0.25, -0.2) is 0 Å². The molecule has 2 aliphatic rings. The fraction of sp³-hybridized carbons (Fsp3) is 0.676. The monoisotopic (exact) mass is 778 g/mol. The Hall–Kier alpha value is -1.20. The summed E-state index contributed by atoms with van der Waals surface area (Å²) in [5.41, 5.74) is 2.04. The van der Waals surface area contributed by atoms with E-state index in [2.05, 4.69) is 39.3 Å². The van der Waals surface area contributed by atoms with Crippen LogP contribution >= 0.6 is 11.6 Å². The second kappa shape index (κ2) is 17.7. The van der Waals surface area contributed by atoms with Gasteiger partial charge in [0, 0.05) is 29.2 Å². The van der Waals surface area contributed by atoms with Crippen molar-refractivity contribution >= 4 is 45.6 Å². The van der Waals surface area contributed by atoms with Crippen LogP contribution in [0.25, 0.3) is 0 Å². The van der Waals surface area contributed by atoms with Gasteiger partial charge in [0.15, 0.2) is 16.6 Å². The van der Waals surface area contributed by atoms with Crippen molar-refractivity contribution < 1.29 is 37.1 Å². The van der Waals surface area contributed by atoms with E-state index in [1.54, 1.807) is 19.2 Å². The summed E-state index contributed by atoms with van der Waals surface area (Å²) in [7, 11) is -6.72. The van der Waals surface area contributed by atoms with E-state index in [0.717, 1.165) is 24.2 Å². The molecule has 4 rings (SSSR count). The van der Waals surface area contributed by atoms with Crippen LogP contribution in [0.3, 0.4) is 0 Å². The third-order valence-electron chi connectivity index (χ3n) is 9.56. The first-order valence-corrected chi connectivity index (χ1v) is 29.2. The van der Waals surface area contributed by atoms with Gasteiger partial charge in [-0.3, -0.25) is 0 Å². The first-order valence-electron chi connectivity index (χ1n) is 18.4. The van der Waals surface area contributed by atoms with Crippen LogP contribution in [0.2, 0.25) is 68.5 Å². The van der Waals surface area contributed by atoms with Gasteiger partial charge >= 0.3 is 0 Å². The Kier molecular flexibility index (Phi) is 14.7. The van der Waals surface area contributed by atoms with Crippen LogP contribution in [0.1, 0.15) is 68.7 Å². The summed E-state index contributed by atoms with van der Waals surface area (Å²) < 4.78 is 59.1. The van der Waals surface area contributed by atoms with Crippen LogP contribution in [-0.4, -0.2) is 70.6 Å². The highest BCUT2D eigenvalue weighted by Gasteiger charge is 2.58. The standard InChI is InChI=1S/C37H59ClO8Si4/c1-10-47(40)23-22-33-31(25-48(41)11-2)35(45-49(4,5)6)36(46-50(7,8)9)37(39,44-33)27-18-21-32(38)30(24-27)34(42-3)26-16-19-29(20-17-26)43-28-14-12-13-15-28/h16-21,24,28,31,33-36,39H,10-15,22-23,25H2,1-9H3/t31-,33-,34?,35+,36-,37+/m1/s1. The summed E-state index contributed by atoms with van der Waals surface area (Å²) in [6.07, 6.45) is 2.71. The minimum Gasteiger partial charge on any atom is -0.490 e. The van der Waals surface area contributed by atoms with E-state index in [0.29, 0.717) is 46.7 Å². The topological polar surface area (TPSA) is 101 Å². The number of halogens is 1. The predicted octanol–water partition coefficient (Wildman–Crippen LogP) is 9.27. The first kappa shape index (κ1) is 41.6. The molecule has 13 heteroatoms. The van der Waals surface area contributed by atoms with Crippen molar-refractivity contribution in [2.45, 2.75) is 146 Å². The molecule has 50 heavy (non-hydrogen) atoms. The summed E-state index contributed by atoms with van der Waals surface area (Å²) in [6, 6.07) is 15.4. The van der Waals surface area contributed by atoms with Crippen LogP contribution in [0.4, 0.5) is 0 Å². The summed E-state index contributed by atoms with van der Waals surface area (Å²) in [6.45, 7) is 16.5. The lowest BCUT2D eigenvalue weighted by molar-refractivity contribution is -0.339. The van der Waals surface area contributed by atoms with Gasteiger partial charge in [-0.2, -0.15) is 0 Å². The average molecular weight is 780 g/mol. The molecule has 2 fully saturated rings. The molecule has 1 aliphatic carbocycles. The van der Waals surface area contributed by atoms with E-state index in [-0.39, 0.29) is 12.0 Å². The minimum atomic E-state index is -2.33. The van der Waals surface area contributed by atoms with E-state index in [9.17, 15) is 14.0 Å². The van der Waals surface area contributed by atoms with Crippen LogP contribution in [-0.2, 0) is 33.0 Å². The quantitative estimate of drug-likeness (QED) is 0.159. The van der Waals surface area contributed by atoms with Gasteiger partial charge in [-0.15, -0.1) is 0 Å². The molecule has 2 aromatic rings. The van der Waals surface area contributed by atoms with Gasteiger partial charge in [-0.05, 0) is 125 Å². The van der Waals surface area contributed by atoms with E-state index in [1.807, 2.05) is 44.2 Å². The second-order valence-electron chi connectivity index (χ2n) is 15.8. The molecule has 0 aromatic heterocycles. The van der Waals surface area contributed by atoms with Crippen LogP contribution < -0.4 is 4.74 Å². The maximum absolute atomic E-state index is 13.3. The molecule has 0 amide bonds. The molecule has 1 saturated heterocycles. The predicted molar refractivity (Wildman–Crippen MR) is 206 cm³/mol. The molecule has 0 bridgehead atoms. The molecule has 278 valence electrons. The molecule has 8 nitrogen and oxygen atoms in total. The van der Waals surface area contributed by atoms with Gasteiger partial charge in [-0.1, -0.05) is 43.6 Å². The molecule has 1 heterocycles. The fourth-order valence-corrected chi connectivity index (χ4v) is 11.8. The lowest BCUT2D eigenvalue weighted by Crippen LogP contribution is -2.65. The Bertz CT molecular complexity index is 1440. The fourth-order valence-electron chi connectivity index (χ4n) is 7.10. The molecule has 2 aromatic carbocycles. The van der Waals surface area contributed by atoms with Crippen molar-refractivity contribution in [1.29, 1.82) is 0 Å². The van der Waals surface area contributed by atoms with Crippen molar-refractivity contribution in [3.8, 4) is 5.75 Å². The van der Waals surface area contributed by atoms with E-state index in [1.165, 1.54) is 12.8 Å². The molecule has 1 aliphatic heterocycles. The molecule has 0 spiro atoms. The number of rotatable bonds is 17. The zero-order valence-electron chi connectivity index (χ0n) is 31.6. The third-order valence-corrected chi connectivity index (χ3v) is 15.2. The number of methoxy groups -OCH3 is 1. The summed E-state index contributed by atoms with van der Waals surface area (Å²) in [5.74, 6) is -1.41. The second-order valence-corrected chi connectivity index (χ2v) is 29.6. The molecular weight excluding hydrogens is 720 g/mol. The lowest BCUT2D eigenvalue weighted by atomic mass is 9.82. The molecule has 1 saturated carbocycles. The van der Waals surface area contributed by atoms with E-state index < -0.39 is 64.2 Å². The third kappa shape index (κ3) is 10.9. The van der Waals surface area contributed by atoms with Gasteiger partial charge in [0.2, 0.25) is 5.79 Å². The van der Waals surface area contributed by atoms with Crippen LogP contribution in [0, 0.1) is 5.92 Å². The summed E-state index contributed by atoms with van der Waals surface area (Å²) in [4.78, 5) is 0. The molecular formula is C37H59ClO8Si4. The average Bonchev–Trinajstić information content (AvgIpc) is 3.56. The Labute approximate surface area is 310 Å². The summed E-state index contributed by atoms with van der Waals surface area (Å²) >= 11 is 6.90. The number of benzene rings is 2. The van der Waals surface area contributed by atoms with Crippen LogP contribution in [0.5, 0.6) is 5.75 Å². The Morgan fingerprint density at radius 2 is 1.56 bits per heavy atom. The maximum atomic E-state index is 13.3. The van der Waals surface area contributed by atoms with Crippen molar-refractivity contribution in [3.63, 3.8) is 0 Å². The largest absolute Gasteiger partial charge is 0.490 e. The van der Waals surface area contributed by atoms with Crippen molar-refractivity contribution in [1.82, 2.24) is 0 Å². The number of ether oxygens (including phenoxy) is 3. The Balaban J connectivity index is 1.81. The normalized spacial score (nSPS) is 25.4. The van der Waals surface area contributed by atoms with Crippen molar-refractivity contribution in [3.05, 3.63) is 64.2 Å². The Morgan fingerprint density at radius 3 is 2.12 bits per heavy atom. The van der Waals surface area contributed by atoms with Crippen LogP contribution in [0.15, 0.2) is 42.5 Å². The van der Waals surface area contributed by atoms with Crippen molar-refractivity contribution in [2.24, 2.45) is 5.92 Å². The molecule has 1 unspecified atom stereocenters. The smallest absolute Gasteiger partial charge is 0.276 e. The highest BCUT2D eigenvalue weighted by atomic mass is 35.5. The van der Waals surface area contributed by atoms with Gasteiger partial charge in [0.1, 0.15) is 18.0 Å². The zero-order valence-corrected chi connectivity index (χ0v) is 36.3. The van der Waals surface area contributed by atoms with Gasteiger partial charge < -0.3 is 37.1 Å². The molecule has 6 atom stereocenters. The number of aliphatic hydroxyl groups is 1. The Morgan fingerprint density at radius 1 is 0.940 bits per heavy atom. The number of hydrogen-bond donors (Lipinski definition) is 1. The van der Waals surface area contributed by atoms with E-state index in [4.69, 9.17) is 34.7 Å². The highest BCUT2D eigenvalue weighted by molar-refractivity contribution is 6.70. The van der Waals surface area contributed by atoms with Gasteiger partial charge in [0.25, 0.3) is 17.4 Å². The minimum absolute atomic E-state index is 0.261. The molecule has 0 radical (unpaired) electrons. The molecule has 1 N–H and O–H groups in total. The summed E-state index contributed by atoms with van der Waals surface area (Å²) in [5, 5.41) is 13.5. The zero-order chi connectivity index (χ0) is 36.9. The van der Waals surface area contributed by atoms with Gasteiger partial charge in [0.05, 0.1) is 18.3 Å². The first-order chi connectivity index (χ1) is 23.5. The SMILES string of the molecule is CC[Si](=O)CC[C@H]1O[C@@](O)(c2ccc(Cl)c(C(OC)c3ccc(OC4CCCC4)cc3)c2)[C@H](O[Si](C)(C)C)[C@@H](O[Si](C)(C)C)[C@@H]1C[Si](=O)CC. The lowest BCUT2D eigenvalue weighted by Gasteiger charge is -2.54. The van der Waals surface area contributed by atoms with Crippen molar-refractivity contribution in [2.75, 3.05) is 7.11 Å². The number of hydrogen-bond acceptors (Lipinski definition) is 8. The highest BCUT2D eigenvalue weighted by Crippen LogP contribution is 2.47. The maximum Gasteiger partial charge on any atom is 0.276 e.